The van der Waals surface area contributed by atoms with Crippen LogP contribution in [0.2, 0.25) is 5.02 Å². The van der Waals surface area contributed by atoms with Crippen LogP contribution in [-0.2, 0) is 0 Å². The van der Waals surface area contributed by atoms with Gasteiger partial charge < -0.3 is 25.3 Å². The zero-order chi connectivity index (χ0) is 19.8. The molecule has 0 aliphatic carbocycles. The number of rotatable bonds is 7. The quantitative estimate of drug-likeness (QED) is 0.376. The summed E-state index contributed by atoms with van der Waals surface area (Å²) in [5.74, 6) is 0.833. The Hall–Kier alpha value is -2.67. The van der Waals surface area contributed by atoms with Crippen LogP contribution in [0.3, 0.4) is 0 Å². The van der Waals surface area contributed by atoms with Crippen molar-refractivity contribution in [3.05, 3.63) is 53.4 Å². The molecule has 1 aliphatic heterocycles. The van der Waals surface area contributed by atoms with Crippen molar-refractivity contribution in [1.82, 2.24) is 16.0 Å². The van der Waals surface area contributed by atoms with Crippen molar-refractivity contribution in [2.45, 2.75) is 19.4 Å². The van der Waals surface area contributed by atoms with Crippen molar-refractivity contribution in [1.29, 1.82) is 0 Å². The highest BCUT2D eigenvalue weighted by molar-refractivity contribution is 6.30. The maximum Gasteiger partial charge on any atom is 0.287 e. The van der Waals surface area contributed by atoms with Crippen molar-refractivity contribution < 1.29 is 9.21 Å². The van der Waals surface area contributed by atoms with Crippen LogP contribution in [0.15, 0.2) is 52.1 Å². The van der Waals surface area contributed by atoms with Gasteiger partial charge in [0.25, 0.3) is 5.91 Å². The number of nitrogens with zero attached hydrogens (tertiary/aromatic N) is 2. The van der Waals surface area contributed by atoms with Gasteiger partial charge in [-0.25, -0.2) is 0 Å². The largest absolute Gasteiger partial charge is 0.459 e. The van der Waals surface area contributed by atoms with E-state index in [-0.39, 0.29) is 5.91 Å². The van der Waals surface area contributed by atoms with Crippen molar-refractivity contribution in [3.63, 3.8) is 0 Å². The maximum absolute atomic E-state index is 11.9. The van der Waals surface area contributed by atoms with Gasteiger partial charge in [-0.1, -0.05) is 17.7 Å². The van der Waals surface area contributed by atoms with Crippen LogP contribution >= 0.6 is 11.6 Å². The van der Waals surface area contributed by atoms with Crippen LogP contribution in [0.1, 0.15) is 23.9 Å². The molecule has 1 unspecified atom stereocenters. The van der Waals surface area contributed by atoms with E-state index < -0.39 is 0 Å². The standard InChI is InChI=1S/C20H26ClN5O2/c1-2-22-20(24-10-9-23-19(27)18-7-4-12-28-18)25-16-8-11-26(14-16)17-6-3-5-15(21)13-17/h3-7,12-13,16H,2,8-11,14H2,1H3,(H,23,27)(H2,22,24,25). The van der Waals surface area contributed by atoms with E-state index in [1.165, 1.54) is 6.26 Å². The molecule has 0 saturated carbocycles. The molecule has 3 rings (SSSR count). The van der Waals surface area contributed by atoms with Crippen LogP contribution in [0, 0.1) is 0 Å². The zero-order valence-electron chi connectivity index (χ0n) is 16.0. The van der Waals surface area contributed by atoms with Gasteiger partial charge in [0.2, 0.25) is 0 Å². The number of furan rings is 1. The number of carbonyl (C=O) groups is 1. The van der Waals surface area contributed by atoms with Gasteiger partial charge in [-0.3, -0.25) is 9.79 Å². The minimum Gasteiger partial charge on any atom is -0.459 e. The summed E-state index contributed by atoms with van der Waals surface area (Å²) < 4.78 is 5.07. The Kier molecular flexibility index (Phi) is 7.19. The molecule has 1 aromatic heterocycles. The van der Waals surface area contributed by atoms with E-state index in [2.05, 4.69) is 31.9 Å². The molecule has 1 saturated heterocycles. The first-order valence-electron chi connectivity index (χ1n) is 9.52. The third-order valence-corrected chi connectivity index (χ3v) is 4.69. The molecular formula is C20H26ClN5O2. The second-order valence-electron chi connectivity index (χ2n) is 6.55. The van der Waals surface area contributed by atoms with Crippen molar-refractivity contribution in [3.8, 4) is 0 Å². The van der Waals surface area contributed by atoms with Crippen molar-refractivity contribution >= 4 is 29.2 Å². The Balaban J connectivity index is 1.47. The molecule has 1 atom stereocenters. The van der Waals surface area contributed by atoms with Gasteiger partial charge in [-0.15, -0.1) is 0 Å². The summed E-state index contributed by atoms with van der Waals surface area (Å²) >= 11 is 6.10. The number of hydrogen-bond donors (Lipinski definition) is 3. The summed E-state index contributed by atoms with van der Waals surface area (Å²) in [5.41, 5.74) is 1.14. The molecular weight excluding hydrogens is 378 g/mol. The fourth-order valence-corrected chi connectivity index (χ4v) is 3.32. The second kappa shape index (κ2) is 10.0. The van der Waals surface area contributed by atoms with Crippen LogP contribution in [0.25, 0.3) is 0 Å². The monoisotopic (exact) mass is 403 g/mol. The molecule has 1 amide bonds. The fraction of sp³-hybridized carbons (Fsp3) is 0.400. The Morgan fingerprint density at radius 2 is 2.21 bits per heavy atom. The molecule has 150 valence electrons. The van der Waals surface area contributed by atoms with Gasteiger partial charge in [-0.05, 0) is 43.7 Å². The van der Waals surface area contributed by atoms with Crippen molar-refractivity contribution in [2.24, 2.45) is 4.99 Å². The van der Waals surface area contributed by atoms with Gasteiger partial charge in [-0.2, -0.15) is 0 Å². The maximum atomic E-state index is 11.9. The van der Waals surface area contributed by atoms with Crippen LogP contribution in [0.5, 0.6) is 0 Å². The summed E-state index contributed by atoms with van der Waals surface area (Å²) in [5, 5.41) is 10.3. The molecule has 1 aromatic carbocycles. The molecule has 8 heteroatoms. The summed E-state index contributed by atoms with van der Waals surface area (Å²) in [4.78, 5) is 18.7. The molecule has 1 aliphatic rings. The molecule has 28 heavy (non-hydrogen) atoms. The molecule has 7 nitrogen and oxygen atoms in total. The number of hydrogen-bond acceptors (Lipinski definition) is 4. The van der Waals surface area contributed by atoms with E-state index in [4.69, 9.17) is 16.0 Å². The lowest BCUT2D eigenvalue weighted by Gasteiger charge is -2.20. The van der Waals surface area contributed by atoms with Gasteiger partial charge in [0.05, 0.1) is 12.8 Å². The minimum absolute atomic E-state index is 0.230. The van der Waals surface area contributed by atoms with E-state index in [0.29, 0.717) is 24.9 Å². The van der Waals surface area contributed by atoms with Gasteiger partial charge >= 0.3 is 0 Å². The van der Waals surface area contributed by atoms with Crippen molar-refractivity contribution in [2.75, 3.05) is 37.6 Å². The second-order valence-corrected chi connectivity index (χ2v) is 6.99. The third-order valence-electron chi connectivity index (χ3n) is 4.46. The Bertz CT molecular complexity index is 794. The SMILES string of the molecule is CCNC(=NCCNC(=O)c1ccco1)NC1CCN(c2cccc(Cl)c2)C1. The Morgan fingerprint density at radius 1 is 1.32 bits per heavy atom. The highest BCUT2D eigenvalue weighted by atomic mass is 35.5. The molecule has 0 radical (unpaired) electrons. The van der Waals surface area contributed by atoms with Gasteiger partial charge in [0.15, 0.2) is 11.7 Å². The number of carbonyl (C=O) groups excluding carboxylic acids is 1. The van der Waals surface area contributed by atoms with Crippen LogP contribution in [0.4, 0.5) is 5.69 Å². The van der Waals surface area contributed by atoms with E-state index >= 15 is 0 Å². The predicted octanol–water partition coefficient (Wildman–Crippen LogP) is 2.50. The lowest BCUT2D eigenvalue weighted by molar-refractivity contribution is 0.0927. The molecule has 2 heterocycles. The van der Waals surface area contributed by atoms with Gasteiger partial charge in [0.1, 0.15) is 0 Å². The molecule has 1 fully saturated rings. The number of benzene rings is 1. The lowest BCUT2D eigenvalue weighted by atomic mass is 10.3. The predicted molar refractivity (Wildman–Crippen MR) is 112 cm³/mol. The number of nitrogens with one attached hydrogen (secondary N) is 3. The third kappa shape index (κ3) is 5.66. The van der Waals surface area contributed by atoms with E-state index in [1.807, 2.05) is 25.1 Å². The highest BCUT2D eigenvalue weighted by Gasteiger charge is 2.23. The zero-order valence-corrected chi connectivity index (χ0v) is 16.7. The lowest BCUT2D eigenvalue weighted by Crippen LogP contribution is -2.45. The fourth-order valence-electron chi connectivity index (χ4n) is 3.13. The average Bonchev–Trinajstić information content (AvgIpc) is 3.37. The number of aliphatic imine (C=N–C) groups is 1. The minimum atomic E-state index is -0.230. The topological polar surface area (TPSA) is 81.9 Å². The first-order chi connectivity index (χ1) is 13.7. The number of anilines is 1. The smallest absolute Gasteiger partial charge is 0.287 e. The summed E-state index contributed by atoms with van der Waals surface area (Å²) in [6, 6.07) is 11.6. The summed E-state index contributed by atoms with van der Waals surface area (Å²) in [6.45, 7) is 5.58. The first kappa shape index (κ1) is 20.1. The summed E-state index contributed by atoms with van der Waals surface area (Å²) in [7, 11) is 0. The van der Waals surface area contributed by atoms with E-state index in [0.717, 1.165) is 42.7 Å². The Morgan fingerprint density at radius 3 is 2.96 bits per heavy atom. The number of guanidine groups is 1. The Labute approximate surface area is 170 Å². The van der Waals surface area contributed by atoms with Gasteiger partial charge in [0, 0.05) is 42.9 Å². The molecule has 0 bridgehead atoms. The van der Waals surface area contributed by atoms with E-state index in [1.54, 1.807) is 12.1 Å². The molecule has 3 N–H and O–H groups in total. The summed E-state index contributed by atoms with van der Waals surface area (Å²) in [6.07, 6.45) is 2.50. The molecule has 0 spiro atoms. The first-order valence-corrected chi connectivity index (χ1v) is 9.90. The molecule has 2 aromatic rings. The van der Waals surface area contributed by atoms with Crippen LogP contribution < -0.4 is 20.9 Å². The number of amides is 1. The number of halogens is 1. The van der Waals surface area contributed by atoms with Crippen LogP contribution in [-0.4, -0.2) is 50.6 Å². The highest BCUT2D eigenvalue weighted by Crippen LogP contribution is 2.23. The normalized spacial score (nSPS) is 16.9. The average molecular weight is 404 g/mol. The van der Waals surface area contributed by atoms with E-state index in [9.17, 15) is 4.79 Å².